The first kappa shape index (κ1) is 12.6. The van der Waals surface area contributed by atoms with Gasteiger partial charge in [-0.15, -0.1) is 0 Å². The molecule has 7 nitrogen and oxygen atoms in total. The minimum absolute atomic E-state index is 0.533. The van der Waals surface area contributed by atoms with Crippen LogP contribution in [0.5, 0.6) is 0 Å². The molecule has 0 unspecified atom stereocenters. The minimum Gasteiger partial charge on any atom is -0.480 e. The van der Waals surface area contributed by atoms with E-state index in [-0.39, 0.29) is 0 Å². The third kappa shape index (κ3) is 2.54. The Bertz CT molecular complexity index is 486. The third-order valence-corrected chi connectivity index (χ3v) is 1.99. The lowest BCUT2D eigenvalue weighted by atomic mass is 9.97. The number of carboxylic acids is 2. The largest absolute Gasteiger partial charge is 0.480 e. The molecule has 0 aliphatic carbocycles. The van der Waals surface area contributed by atoms with Crippen LogP contribution in [0.1, 0.15) is 11.5 Å². The van der Waals surface area contributed by atoms with Crippen molar-refractivity contribution in [2.24, 2.45) is 0 Å². The van der Waals surface area contributed by atoms with E-state index in [9.17, 15) is 24.1 Å². The molecule has 0 saturated carbocycles. The molecule has 0 amide bonds. The van der Waals surface area contributed by atoms with Gasteiger partial charge in [0.15, 0.2) is 5.92 Å². The standard InChI is InChI=1S/C9H6FNO6/c10-4-1-2-6(11(16)17)5(3-4)7(8(12)13)9(14)15/h1-3,7H,(H,12,13)(H,14,15). The Labute approximate surface area is 93.3 Å². The fourth-order valence-corrected chi connectivity index (χ4v) is 1.29. The highest BCUT2D eigenvalue weighted by Gasteiger charge is 2.34. The number of hydrogen-bond donors (Lipinski definition) is 2. The normalized spacial score (nSPS) is 10.2. The van der Waals surface area contributed by atoms with Crippen LogP contribution in [0.25, 0.3) is 0 Å². The average molecular weight is 243 g/mol. The Morgan fingerprint density at radius 3 is 2.24 bits per heavy atom. The van der Waals surface area contributed by atoms with Gasteiger partial charge in [-0.3, -0.25) is 19.7 Å². The van der Waals surface area contributed by atoms with Gasteiger partial charge in [0.25, 0.3) is 5.69 Å². The van der Waals surface area contributed by atoms with Crippen LogP contribution < -0.4 is 0 Å². The molecule has 8 heteroatoms. The Hall–Kier alpha value is -2.51. The number of carbonyl (C=O) groups is 2. The summed E-state index contributed by atoms with van der Waals surface area (Å²) in [5.74, 6) is -6.72. The molecule has 0 heterocycles. The van der Waals surface area contributed by atoms with E-state index in [1.54, 1.807) is 0 Å². The Kier molecular flexibility index (Phi) is 3.37. The first-order chi connectivity index (χ1) is 7.84. The van der Waals surface area contributed by atoms with Gasteiger partial charge in [0, 0.05) is 6.07 Å². The van der Waals surface area contributed by atoms with Crippen LogP contribution in [-0.4, -0.2) is 27.1 Å². The second kappa shape index (κ2) is 4.56. The van der Waals surface area contributed by atoms with Gasteiger partial charge in [-0.05, 0) is 12.1 Å². The number of halogens is 1. The quantitative estimate of drug-likeness (QED) is 0.462. The van der Waals surface area contributed by atoms with Crippen LogP contribution in [0.4, 0.5) is 10.1 Å². The van der Waals surface area contributed by atoms with Crippen molar-refractivity contribution in [3.05, 3.63) is 39.7 Å². The first-order valence-electron chi connectivity index (χ1n) is 4.24. The SMILES string of the molecule is O=C(O)C(C(=O)O)c1cc(F)ccc1[N+](=O)[O-]. The summed E-state index contributed by atoms with van der Waals surface area (Å²) in [7, 11) is 0. The summed E-state index contributed by atoms with van der Waals surface area (Å²) in [6, 6.07) is 2.01. The van der Waals surface area contributed by atoms with E-state index in [4.69, 9.17) is 10.2 Å². The van der Waals surface area contributed by atoms with Gasteiger partial charge < -0.3 is 10.2 Å². The van der Waals surface area contributed by atoms with Crippen LogP contribution in [0.3, 0.4) is 0 Å². The van der Waals surface area contributed by atoms with Crippen molar-refractivity contribution in [1.82, 2.24) is 0 Å². The highest BCUT2D eigenvalue weighted by Crippen LogP contribution is 2.28. The summed E-state index contributed by atoms with van der Waals surface area (Å²) in [6.45, 7) is 0. The van der Waals surface area contributed by atoms with Crippen molar-refractivity contribution in [1.29, 1.82) is 0 Å². The molecule has 0 bridgehead atoms. The fraction of sp³-hybridized carbons (Fsp3) is 0.111. The zero-order valence-electron chi connectivity index (χ0n) is 8.16. The number of hydrogen-bond acceptors (Lipinski definition) is 4. The van der Waals surface area contributed by atoms with Crippen LogP contribution >= 0.6 is 0 Å². The van der Waals surface area contributed by atoms with Gasteiger partial charge in [-0.2, -0.15) is 0 Å². The topological polar surface area (TPSA) is 118 Å². The van der Waals surface area contributed by atoms with Crippen LogP contribution in [-0.2, 0) is 9.59 Å². The Balaban J connectivity index is 3.45. The summed E-state index contributed by atoms with van der Waals surface area (Å²) in [6.07, 6.45) is 0. The maximum Gasteiger partial charge on any atom is 0.322 e. The first-order valence-corrected chi connectivity index (χ1v) is 4.24. The summed E-state index contributed by atoms with van der Waals surface area (Å²) in [4.78, 5) is 31.0. The molecule has 90 valence electrons. The minimum atomic E-state index is -2.17. The lowest BCUT2D eigenvalue weighted by Crippen LogP contribution is -2.22. The van der Waals surface area contributed by atoms with Crippen molar-refractivity contribution in [3.8, 4) is 0 Å². The monoisotopic (exact) mass is 243 g/mol. The van der Waals surface area contributed by atoms with E-state index in [0.29, 0.717) is 6.07 Å². The lowest BCUT2D eigenvalue weighted by molar-refractivity contribution is -0.385. The summed E-state index contributed by atoms with van der Waals surface area (Å²) in [5, 5.41) is 27.9. The van der Waals surface area contributed by atoms with Crippen molar-refractivity contribution < 1.29 is 29.1 Å². The van der Waals surface area contributed by atoms with Gasteiger partial charge in [0.1, 0.15) is 5.82 Å². The van der Waals surface area contributed by atoms with Crippen molar-refractivity contribution in [2.75, 3.05) is 0 Å². The Morgan fingerprint density at radius 1 is 1.29 bits per heavy atom. The molecule has 0 aliphatic heterocycles. The van der Waals surface area contributed by atoms with Crippen LogP contribution in [0, 0.1) is 15.9 Å². The van der Waals surface area contributed by atoms with Gasteiger partial charge in [0.2, 0.25) is 0 Å². The molecule has 0 radical (unpaired) electrons. The maximum absolute atomic E-state index is 12.9. The van der Waals surface area contributed by atoms with E-state index in [0.717, 1.165) is 12.1 Å². The van der Waals surface area contributed by atoms with Gasteiger partial charge in [0.05, 0.1) is 10.5 Å². The number of rotatable bonds is 4. The van der Waals surface area contributed by atoms with E-state index < -0.39 is 39.8 Å². The van der Waals surface area contributed by atoms with E-state index in [2.05, 4.69) is 0 Å². The number of carboxylic acid groups (broad SMARTS) is 2. The number of nitro groups is 1. The molecule has 0 aromatic heterocycles. The smallest absolute Gasteiger partial charge is 0.322 e. The second-order valence-corrected chi connectivity index (χ2v) is 3.07. The molecule has 0 saturated heterocycles. The van der Waals surface area contributed by atoms with Gasteiger partial charge in [-0.1, -0.05) is 0 Å². The van der Waals surface area contributed by atoms with E-state index in [1.165, 1.54) is 0 Å². The predicted octanol–water partition coefficient (Wildman–Crippen LogP) is 0.987. The Morgan fingerprint density at radius 2 is 1.82 bits per heavy atom. The van der Waals surface area contributed by atoms with E-state index in [1.807, 2.05) is 0 Å². The van der Waals surface area contributed by atoms with Gasteiger partial charge in [-0.25, -0.2) is 4.39 Å². The molecule has 2 N–H and O–H groups in total. The third-order valence-electron chi connectivity index (χ3n) is 1.99. The van der Waals surface area contributed by atoms with Crippen molar-refractivity contribution in [3.63, 3.8) is 0 Å². The van der Waals surface area contributed by atoms with Gasteiger partial charge >= 0.3 is 11.9 Å². The molecule has 1 aromatic carbocycles. The zero-order valence-corrected chi connectivity index (χ0v) is 8.16. The molecular weight excluding hydrogens is 237 g/mol. The molecular formula is C9H6FNO6. The molecule has 0 aliphatic rings. The second-order valence-electron chi connectivity index (χ2n) is 3.07. The molecule has 0 atom stereocenters. The van der Waals surface area contributed by atoms with Crippen LogP contribution in [0.15, 0.2) is 18.2 Å². The number of benzene rings is 1. The maximum atomic E-state index is 12.9. The fourth-order valence-electron chi connectivity index (χ4n) is 1.29. The van der Waals surface area contributed by atoms with Crippen LogP contribution in [0.2, 0.25) is 0 Å². The summed E-state index contributed by atoms with van der Waals surface area (Å²) < 4.78 is 12.9. The average Bonchev–Trinajstić information content (AvgIpc) is 2.15. The molecule has 1 rings (SSSR count). The number of aliphatic carboxylic acids is 2. The lowest BCUT2D eigenvalue weighted by Gasteiger charge is -2.08. The molecule has 17 heavy (non-hydrogen) atoms. The molecule has 0 fully saturated rings. The predicted molar refractivity (Wildman–Crippen MR) is 51.1 cm³/mol. The summed E-state index contributed by atoms with van der Waals surface area (Å²) >= 11 is 0. The zero-order chi connectivity index (χ0) is 13.2. The van der Waals surface area contributed by atoms with Crippen molar-refractivity contribution >= 4 is 17.6 Å². The highest BCUT2D eigenvalue weighted by molar-refractivity contribution is 5.99. The number of nitro benzene ring substituents is 1. The highest BCUT2D eigenvalue weighted by atomic mass is 19.1. The van der Waals surface area contributed by atoms with Crippen molar-refractivity contribution in [2.45, 2.75) is 5.92 Å². The van der Waals surface area contributed by atoms with E-state index >= 15 is 0 Å². The summed E-state index contributed by atoms with van der Waals surface area (Å²) in [5.41, 5.74) is -1.45. The molecule has 0 spiro atoms. The number of nitrogens with zero attached hydrogens (tertiary/aromatic N) is 1. The molecule has 1 aromatic rings.